The number of carbonyl (C=O) groups excluding carboxylic acids is 1. The molecular weight excluding hydrogens is 315 g/mol. The maximum atomic E-state index is 13.3. The summed E-state index contributed by atoms with van der Waals surface area (Å²) >= 11 is 0. The predicted molar refractivity (Wildman–Crippen MR) is 98.9 cm³/mol. The average Bonchev–Trinajstić information content (AvgIpc) is 2.64. The van der Waals surface area contributed by atoms with E-state index in [1.807, 2.05) is 48.2 Å². The number of halogens is 1. The number of rotatable bonds is 5. The predicted octanol–water partition coefficient (Wildman–Crippen LogP) is 4.23. The Bertz CT molecular complexity index is 696. The summed E-state index contributed by atoms with van der Waals surface area (Å²) in [7, 11) is 0. The Balaban J connectivity index is 1.64. The quantitative estimate of drug-likeness (QED) is 0.813. The Hall–Kier alpha value is -2.20. The van der Waals surface area contributed by atoms with Crippen LogP contribution >= 0.6 is 0 Å². The fourth-order valence-corrected chi connectivity index (χ4v) is 3.55. The maximum absolute atomic E-state index is 13.3. The van der Waals surface area contributed by atoms with E-state index in [1.54, 1.807) is 12.1 Å². The molecule has 132 valence electrons. The van der Waals surface area contributed by atoms with E-state index in [0.29, 0.717) is 6.42 Å². The molecule has 0 aromatic heterocycles. The first-order valence-corrected chi connectivity index (χ1v) is 9.01. The highest BCUT2D eigenvalue weighted by atomic mass is 19.1. The van der Waals surface area contributed by atoms with Gasteiger partial charge in [-0.2, -0.15) is 0 Å². The van der Waals surface area contributed by atoms with Crippen LogP contribution in [-0.4, -0.2) is 29.9 Å². The highest BCUT2D eigenvalue weighted by Crippen LogP contribution is 2.25. The minimum absolute atomic E-state index is 0.176. The van der Waals surface area contributed by atoms with Gasteiger partial charge in [-0.05, 0) is 42.7 Å². The van der Waals surface area contributed by atoms with Crippen LogP contribution in [0.2, 0.25) is 0 Å². The zero-order chi connectivity index (χ0) is 17.6. The summed E-state index contributed by atoms with van der Waals surface area (Å²) in [5.74, 6) is -0.00837. The largest absolute Gasteiger partial charge is 0.309 e. The van der Waals surface area contributed by atoms with Crippen molar-refractivity contribution in [3.8, 4) is 0 Å². The lowest BCUT2D eigenvalue weighted by Crippen LogP contribution is -2.47. The third-order valence-electron chi connectivity index (χ3n) is 4.82. The molecule has 0 spiro atoms. The molecule has 1 aliphatic heterocycles. The number of piperidine rings is 1. The molecule has 1 amide bonds. The topological polar surface area (TPSA) is 23.6 Å². The molecule has 3 nitrogen and oxygen atoms in total. The van der Waals surface area contributed by atoms with E-state index in [0.717, 1.165) is 43.7 Å². The summed E-state index contributed by atoms with van der Waals surface area (Å²) in [6.45, 7) is 4.51. The number of anilines is 1. The molecule has 0 aliphatic carbocycles. The van der Waals surface area contributed by atoms with Crippen molar-refractivity contribution in [2.75, 3.05) is 18.0 Å². The van der Waals surface area contributed by atoms with E-state index in [4.69, 9.17) is 0 Å². The van der Waals surface area contributed by atoms with Gasteiger partial charge in [0.05, 0.1) is 0 Å². The Morgan fingerprint density at radius 1 is 1.12 bits per heavy atom. The fourth-order valence-electron chi connectivity index (χ4n) is 3.55. The van der Waals surface area contributed by atoms with Crippen LogP contribution in [0, 0.1) is 5.82 Å². The zero-order valence-electron chi connectivity index (χ0n) is 14.7. The molecule has 1 heterocycles. The van der Waals surface area contributed by atoms with Gasteiger partial charge in [0, 0.05) is 37.8 Å². The van der Waals surface area contributed by atoms with Gasteiger partial charge >= 0.3 is 0 Å². The van der Waals surface area contributed by atoms with Crippen LogP contribution in [0.25, 0.3) is 0 Å². The van der Waals surface area contributed by atoms with Crippen molar-refractivity contribution in [3.05, 3.63) is 66.0 Å². The first-order chi connectivity index (χ1) is 12.2. The van der Waals surface area contributed by atoms with Gasteiger partial charge in [-0.25, -0.2) is 4.39 Å². The molecule has 0 atom stereocenters. The van der Waals surface area contributed by atoms with Crippen molar-refractivity contribution in [1.29, 1.82) is 0 Å². The molecule has 0 saturated carbocycles. The maximum Gasteiger partial charge on any atom is 0.226 e. The molecule has 4 heteroatoms. The van der Waals surface area contributed by atoms with Crippen molar-refractivity contribution >= 4 is 11.6 Å². The Labute approximate surface area is 149 Å². The van der Waals surface area contributed by atoms with Gasteiger partial charge in [-0.1, -0.05) is 37.3 Å². The van der Waals surface area contributed by atoms with E-state index in [-0.39, 0.29) is 17.8 Å². The van der Waals surface area contributed by atoms with Crippen molar-refractivity contribution in [2.45, 2.75) is 38.8 Å². The van der Waals surface area contributed by atoms with Crippen molar-refractivity contribution in [1.82, 2.24) is 4.90 Å². The molecule has 0 N–H and O–H groups in total. The summed E-state index contributed by atoms with van der Waals surface area (Å²) < 4.78 is 13.3. The van der Waals surface area contributed by atoms with Crippen molar-refractivity contribution in [3.63, 3.8) is 0 Å². The summed E-state index contributed by atoms with van der Waals surface area (Å²) in [4.78, 5) is 16.8. The molecule has 2 aromatic rings. The molecule has 3 rings (SSSR count). The average molecular weight is 340 g/mol. The molecule has 2 aromatic carbocycles. The standard InChI is InChI=1S/C21H25FN2O/c1-2-21(25)24(19-9-4-3-5-10-19)20-11-13-23(14-12-20)16-17-7-6-8-18(22)15-17/h3-10,15,20H,2,11-14,16H2,1H3. The van der Waals surface area contributed by atoms with Crippen LogP contribution in [0.15, 0.2) is 54.6 Å². The number of likely N-dealkylation sites (tertiary alicyclic amines) is 1. The molecule has 25 heavy (non-hydrogen) atoms. The third-order valence-corrected chi connectivity index (χ3v) is 4.82. The van der Waals surface area contributed by atoms with Gasteiger partial charge in [-0.3, -0.25) is 9.69 Å². The van der Waals surface area contributed by atoms with Gasteiger partial charge < -0.3 is 4.90 Å². The first-order valence-electron chi connectivity index (χ1n) is 9.01. The molecular formula is C21H25FN2O. The Morgan fingerprint density at radius 3 is 2.48 bits per heavy atom. The van der Waals surface area contributed by atoms with Gasteiger partial charge in [0.15, 0.2) is 0 Å². The van der Waals surface area contributed by atoms with E-state index in [9.17, 15) is 9.18 Å². The van der Waals surface area contributed by atoms with E-state index in [2.05, 4.69) is 4.90 Å². The van der Waals surface area contributed by atoms with Gasteiger partial charge in [-0.15, -0.1) is 0 Å². The highest BCUT2D eigenvalue weighted by molar-refractivity contribution is 5.93. The number of nitrogens with zero attached hydrogens (tertiary/aromatic N) is 2. The van der Waals surface area contributed by atoms with Crippen LogP contribution in [0.4, 0.5) is 10.1 Å². The number of benzene rings is 2. The van der Waals surface area contributed by atoms with Crippen LogP contribution < -0.4 is 4.90 Å². The summed E-state index contributed by atoms with van der Waals surface area (Å²) in [5, 5.41) is 0. The van der Waals surface area contributed by atoms with Crippen LogP contribution in [0.3, 0.4) is 0 Å². The monoisotopic (exact) mass is 340 g/mol. The van der Waals surface area contributed by atoms with E-state index < -0.39 is 0 Å². The Kier molecular flexibility index (Phi) is 5.82. The third kappa shape index (κ3) is 4.45. The Morgan fingerprint density at radius 2 is 1.84 bits per heavy atom. The lowest BCUT2D eigenvalue weighted by atomic mass is 10.0. The second-order valence-corrected chi connectivity index (χ2v) is 6.59. The molecule has 1 saturated heterocycles. The second-order valence-electron chi connectivity index (χ2n) is 6.59. The lowest BCUT2D eigenvalue weighted by molar-refractivity contribution is -0.119. The summed E-state index contributed by atoms with van der Waals surface area (Å²) in [6.07, 6.45) is 2.39. The SMILES string of the molecule is CCC(=O)N(c1ccccc1)C1CCN(Cc2cccc(F)c2)CC1. The number of para-hydroxylation sites is 1. The number of amides is 1. The number of hydrogen-bond acceptors (Lipinski definition) is 2. The van der Waals surface area contributed by atoms with Crippen molar-refractivity contribution in [2.24, 2.45) is 0 Å². The molecule has 0 unspecified atom stereocenters. The normalized spacial score (nSPS) is 15.9. The van der Waals surface area contributed by atoms with Gasteiger partial charge in [0.25, 0.3) is 0 Å². The van der Waals surface area contributed by atoms with E-state index in [1.165, 1.54) is 6.07 Å². The molecule has 0 radical (unpaired) electrons. The van der Waals surface area contributed by atoms with Crippen LogP contribution in [0.5, 0.6) is 0 Å². The van der Waals surface area contributed by atoms with Crippen LogP contribution in [0.1, 0.15) is 31.7 Å². The number of carbonyl (C=O) groups is 1. The molecule has 0 bridgehead atoms. The zero-order valence-corrected chi connectivity index (χ0v) is 14.7. The van der Waals surface area contributed by atoms with Gasteiger partial charge in [0.2, 0.25) is 5.91 Å². The first kappa shape index (κ1) is 17.6. The van der Waals surface area contributed by atoms with E-state index >= 15 is 0 Å². The molecule has 1 aliphatic rings. The smallest absolute Gasteiger partial charge is 0.226 e. The fraction of sp³-hybridized carbons (Fsp3) is 0.381. The molecule has 1 fully saturated rings. The van der Waals surface area contributed by atoms with Crippen molar-refractivity contribution < 1.29 is 9.18 Å². The summed E-state index contributed by atoms with van der Waals surface area (Å²) in [6, 6.07) is 17.0. The van der Waals surface area contributed by atoms with Gasteiger partial charge in [0.1, 0.15) is 5.82 Å². The summed E-state index contributed by atoms with van der Waals surface area (Å²) in [5.41, 5.74) is 1.99. The van der Waals surface area contributed by atoms with Crippen LogP contribution in [-0.2, 0) is 11.3 Å². The second kappa shape index (κ2) is 8.26. The lowest BCUT2D eigenvalue weighted by Gasteiger charge is -2.38. The minimum atomic E-state index is -0.184. The highest BCUT2D eigenvalue weighted by Gasteiger charge is 2.28. The number of hydrogen-bond donors (Lipinski definition) is 0. The minimum Gasteiger partial charge on any atom is -0.309 e.